The lowest BCUT2D eigenvalue weighted by Gasteiger charge is -2.16. The van der Waals surface area contributed by atoms with Crippen LogP contribution in [0.15, 0.2) is 29.4 Å². The molecule has 0 saturated heterocycles. The Kier molecular flexibility index (Phi) is 8.39. The number of methoxy groups -OCH3 is 1. The largest absolute Gasteiger partial charge is 0.481 e. The number of benzene rings is 1. The molecule has 1 amide bonds. The van der Waals surface area contributed by atoms with E-state index in [9.17, 15) is 9.59 Å². The molecule has 3 aromatic rings. The van der Waals surface area contributed by atoms with E-state index in [1.807, 2.05) is 44.4 Å². The minimum Gasteiger partial charge on any atom is -0.481 e. The predicted octanol–water partition coefficient (Wildman–Crippen LogP) is 5.29. The van der Waals surface area contributed by atoms with E-state index in [0.717, 1.165) is 10.4 Å². The molecular weight excluding hydrogens is 484 g/mol. The number of carbonyl (C=O) groups is 2. The van der Waals surface area contributed by atoms with Gasteiger partial charge in [0.15, 0.2) is 17.1 Å². The van der Waals surface area contributed by atoms with Crippen LogP contribution >= 0.6 is 34.7 Å². The molecule has 0 aliphatic carbocycles. The molecule has 0 aliphatic rings. The minimum atomic E-state index is -0.486. The second-order valence-electron chi connectivity index (χ2n) is 7.21. The fraction of sp³-hybridized carbons (Fsp3) is 0.364. The molecule has 176 valence electrons. The number of hydrogen-bond donors (Lipinski definition) is 1. The summed E-state index contributed by atoms with van der Waals surface area (Å²) in [5.41, 5.74) is 1.38. The van der Waals surface area contributed by atoms with Crippen LogP contribution in [0.1, 0.15) is 46.6 Å². The van der Waals surface area contributed by atoms with Gasteiger partial charge in [0.1, 0.15) is 10.8 Å². The summed E-state index contributed by atoms with van der Waals surface area (Å²) in [6, 6.07) is 7.28. The average Bonchev–Trinajstić information content (AvgIpc) is 3.36. The van der Waals surface area contributed by atoms with E-state index in [0.29, 0.717) is 38.9 Å². The fourth-order valence-corrected chi connectivity index (χ4v) is 5.00. The first-order chi connectivity index (χ1) is 15.7. The van der Waals surface area contributed by atoms with Gasteiger partial charge < -0.3 is 19.4 Å². The van der Waals surface area contributed by atoms with Crippen molar-refractivity contribution in [3.05, 3.63) is 51.1 Å². The predicted molar refractivity (Wildman–Crippen MR) is 131 cm³/mol. The topological polar surface area (TPSA) is 95.3 Å². The Morgan fingerprint density at radius 1 is 1.27 bits per heavy atom. The molecule has 0 radical (unpaired) electrons. The smallest absolute Gasteiger partial charge is 0.340 e. The third-order valence-corrected chi connectivity index (χ3v) is 6.91. The fourth-order valence-electron chi connectivity index (χ4n) is 3.11. The zero-order chi connectivity index (χ0) is 24.1. The maximum absolute atomic E-state index is 12.5. The molecule has 2 aromatic heterocycles. The van der Waals surface area contributed by atoms with Crippen molar-refractivity contribution in [2.24, 2.45) is 0 Å². The highest BCUT2D eigenvalue weighted by Gasteiger charge is 2.21. The quantitative estimate of drug-likeness (QED) is 0.310. The number of nitrogens with zero attached hydrogens (tertiary/aromatic N) is 3. The summed E-state index contributed by atoms with van der Waals surface area (Å²) in [5.74, 6) is 0.584. The Balaban J connectivity index is 1.67. The number of carbonyl (C=O) groups excluding carboxylic acids is 2. The van der Waals surface area contributed by atoms with E-state index in [1.165, 1.54) is 30.2 Å². The van der Waals surface area contributed by atoms with Gasteiger partial charge in [-0.15, -0.1) is 21.5 Å². The van der Waals surface area contributed by atoms with E-state index in [-0.39, 0.29) is 11.7 Å². The molecule has 11 heteroatoms. The van der Waals surface area contributed by atoms with Crippen molar-refractivity contribution < 1.29 is 19.1 Å². The monoisotopic (exact) mass is 508 g/mol. The summed E-state index contributed by atoms with van der Waals surface area (Å²) in [6.45, 7) is 8.29. The SMILES string of the molecule is CCn1c(SCC(=O)Nc2sc(C)cc2C(=O)OC)nnc1C(C)Oc1cc(C)ccc1Cl. The number of thiophene rings is 1. The first-order valence-corrected chi connectivity index (χ1v) is 12.4. The first-order valence-electron chi connectivity index (χ1n) is 10.2. The number of nitrogens with one attached hydrogen (secondary N) is 1. The summed E-state index contributed by atoms with van der Waals surface area (Å²) in [5, 5.41) is 12.9. The lowest BCUT2D eigenvalue weighted by molar-refractivity contribution is -0.113. The lowest BCUT2D eigenvalue weighted by Crippen LogP contribution is -2.16. The molecule has 0 bridgehead atoms. The van der Waals surface area contributed by atoms with Crippen LogP contribution in [-0.2, 0) is 16.1 Å². The zero-order valence-corrected chi connectivity index (χ0v) is 21.4. The Bertz CT molecular complexity index is 1160. The van der Waals surface area contributed by atoms with Gasteiger partial charge in [0.25, 0.3) is 0 Å². The van der Waals surface area contributed by atoms with E-state index in [4.69, 9.17) is 21.1 Å². The molecule has 1 atom stereocenters. The van der Waals surface area contributed by atoms with Gasteiger partial charge in [0.05, 0.1) is 23.4 Å². The van der Waals surface area contributed by atoms with Crippen molar-refractivity contribution in [2.45, 2.75) is 45.5 Å². The number of amides is 1. The number of halogens is 1. The normalized spacial score (nSPS) is 11.8. The summed E-state index contributed by atoms with van der Waals surface area (Å²) in [6.07, 6.45) is -0.392. The Morgan fingerprint density at radius 3 is 2.73 bits per heavy atom. The lowest BCUT2D eigenvalue weighted by atomic mass is 10.2. The maximum atomic E-state index is 12.5. The van der Waals surface area contributed by atoms with Gasteiger partial charge >= 0.3 is 5.97 Å². The Hall–Kier alpha value is -2.56. The standard InChI is InChI=1S/C22H25ClN4O4S2/c1-6-27-19(14(4)31-17-9-12(2)7-8-16(17)23)25-26-22(27)32-11-18(28)24-20-15(21(29)30-5)10-13(3)33-20/h7-10,14H,6,11H2,1-5H3,(H,24,28). The third-order valence-electron chi connectivity index (χ3n) is 4.66. The molecule has 8 nitrogen and oxygen atoms in total. The Labute approximate surface area is 205 Å². The summed E-state index contributed by atoms with van der Waals surface area (Å²) < 4.78 is 12.7. The van der Waals surface area contributed by atoms with E-state index >= 15 is 0 Å². The molecule has 1 N–H and O–H groups in total. The van der Waals surface area contributed by atoms with Crippen molar-refractivity contribution in [1.29, 1.82) is 0 Å². The van der Waals surface area contributed by atoms with Crippen molar-refractivity contribution in [3.8, 4) is 5.75 Å². The van der Waals surface area contributed by atoms with Crippen LogP contribution in [0.3, 0.4) is 0 Å². The average molecular weight is 509 g/mol. The van der Waals surface area contributed by atoms with Crippen LogP contribution in [0.25, 0.3) is 0 Å². The molecule has 0 fully saturated rings. The summed E-state index contributed by atoms with van der Waals surface area (Å²) in [4.78, 5) is 25.3. The van der Waals surface area contributed by atoms with Crippen molar-refractivity contribution >= 4 is 51.6 Å². The number of thioether (sulfide) groups is 1. The first kappa shape index (κ1) is 25.1. The van der Waals surface area contributed by atoms with E-state index < -0.39 is 12.1 Å². The number of esters is 1. The van der Waals surface area contributed by atoms with Gasteiger partial charge in [0.2, 0.25) is 5.91 Å². The summed E-state index contributed by atoms with van der Waals surface area (Å²) >= 11 is 8.84. The van der Waals surface area contributed by atoms with Crippen LogP contribution in [0.5, 0.6) is 5.75 Å². The minimum absolute atomic E-state index is 0.106. The van der Waals surface area contributed by atoms with Crippen LogP contribution < -0.4 is 10.1 Å². The molecule has 2 heterocycles. The van der Waals surface area contributed by atoms with Crippen LogP contribution in [-0.4, -0.2) is 39.5 Å². The molecule has 1 unspecified atom stereocenters. The van der Waals surface area contributed by atoms with Gasteiger partial charge in [-0.05, 0) is 51.5 Å². The van der Waals surface area contributed by atoms with Crippen LogP contribution in [0.4, 0.5) is 5.00 Å². The van der Waals surface area contributed by atoms with Gasteiger partial charge in [-0.1, -0.05) is 29.4 Å². The number of rotatable bonds is 9. The molecular formula is C22H25ClN4O4S2. The number of anilines is 1. The molecule has 0 saturated carbocycles. The van der Waals surface area contributed by atoms with Gasteiger partial charge in [0, 0.05) is 11.4 Å². The highest BCUT2D eigenvalue weighted by atomic mass is 35.5. The Morgan fingerprint density at radius 2 is 2.03 bits per heavy atom. The summed E-state index contributed by atoms with van der Waals surface area (Å²) in [7, 11) is 1.31. The van der Waals surface area contributed by atoms with Crippen LogP contribution in [0.2, 0.25) is 5.02 Å². The molecule has 0 aliphatic heterocycles. The highest BCUT2D eigenvalue weighted by molar-refractivity contribution is 7.99. The number of aryl methyl sites for hydroxylation is 2. The van der Waals surface area contributed by atoms with Gasteiger partial charge in [-0.3, -0.25) is 4.79 Å². The molecule has 33 heavy (non-hydrogen) atoms. The third kappa shape index (κ3) is 6.07. The van der Waals surface area contributed by atoms with E-state index in [2.05, 4.69) is 15.5 Å². The highest BCUT2D eigenvalue weighted by Crippen LogP contribution is 2.31. The number of aromatic nitrogens is 3. The maximum Gasteiger partial charge on any atom is 0.340 e. The molecule has 1 aromatic carbocycles. The van der Waals surface area contributed by atoms with Crippen molar-refractivity contribution in [3.63, 3.8) is 0 Å². The molecule has 3 rings (SSSR count). The second-order valence-corrected chi connectivity index (χ2v) is 9.81. The zero-order valence-electron chi connectivity index (χ0n) is 19.0. The van der Waals surface area contributed by atoms with Gasteiger partial charge in [-0.2, -0.15) is 0 Å². The number of hydrogen-bond acceptors (Lipinski definition) is 8. The molecule has 0 spiro atoms. The van der Waals surface area contributed by atoms with Crippen molar-refractivity contribution in [2.75, 3.05) is 18.2 Å². The van der Waals surface area contributed by atoms with Crippen LogP contribution in [0, 0.1) is 13.8 Å². The van der Waals surface area contributed by atoms with E-state index in [1.54, 1.807) is 12.1 Å². The second kappa shape index (κ2) is 11.0. The number of ether oxygens (including phenoxy) is 2. The van der Waals surface area contributed by atoms with Gasteiger partial charge in [-0.25, -0.2) is 4.79 Å². The van der Waals surface area contributed by atoms with Crippen molar-refractivity contribution in [1.82, 2.24) is 14.8 Å².